The van der Waals surface area contributed by atoms with Gasteiger partial charge in [0.05, 0.1) is 12.2 Å². The smallest absolute Gasteiger partial charge is 0.161 e. The van der Waals surface area contributed by atoms with Crippen molar-refractivity contribution in [1.29, 1.82) is 0 Å². The largest absolute Gasteiger partial charge is 0.504 e. The molecule has 0 fully saturated rings. The number of rotatable bonds is 8. The number of benzene rings is 1. The monoisotopic (exact) mass is 267 g/mol. The highest BCUT2D eigenvalue weighted by Crippen LogP contribution is 2.26. The molecule has 0 aliphatic carbocycles. The molecule has 0 unspecified atom stereocenters. The maximum absolute atomic E-state index is 9.63. The fourth-order valence-electron chi connectivity index (χ4n) is 1.89. The van der Waals surface area contributed by atoms with Crippen LogP contribution in [0.1, 0.15) is 33.3 Å². The summed E-state index contributed by atoms with van der Waals surface area (Å²) in [7, 11) is 0. The second-order valence-corrected chi connectivity index (χ2v) is 5.03. The number of nitrogens with one attached hydrogen (secondary N) is 1. The van der Waals surface area contributed by atoms with Gasteiger partial charge in [-0.05, 0) is 45.4 Å². The summed E-state index contributed by atoms with van der Waals surface area (Å²) in [5, 5.41) is 13.0. The SMILES string of the molecule is CCOc1cc(CNCC(C)(C)OCC)ccc1O. The zero-order valence-electron chi connectivity index (χ0n) is 12.3. The summed E-state index contributed by atoms with van der Waals surface area (Å²) in [6.45, 7) is 10.8. The first-order valence-corrected chi connectivity index (χ1v) is 6.78. The van der Waals surface area contributed by atoms with Crippen LogP contribution in [-0.2, 0) is 11.3 Å². The highest BCUT2D eigenvalue weighted by molar-refractivity contribution is 5.41. The molecule has 1 aromatic rings. The van der Waals surface area contributed by atoms with Gasteiger partial charge in [0.25, 0.3) is 0 Å². The molecule has 0 aliphatic heterocycles. The van der Waals surface area contributed by atoms with E-state index in [2.05, 4.69) is 19.2 Å². The Kier molecular flexibility index (Phi) is 6.12. The minimum Gasteiger partial charge on any atom is -0.504 e. The molecule has 0 saturated heterocycles. The highest BCUT2D eigenvalue weighted by atomic mass is 16.5. The summed E-state index contributed by atoms with van der Waals surface area (Å²) in [6.07, 6.45) is 0. The van der Waals surface area contributed by atoms with Crippen molar-refractivity contribution in [3.05, 3.63) is 23.8 Å². The molecule has 1 rings (SSSR count). The van der Waals surface area contributed by atoms with Gasteiger partial charge in [-0.1, -0.05) is 6.07 Å². The minimum atomic E-state index is -0.172. The molecular weight excluding hydrogens is 242 g/mol. The van der Waals surface area contributed by atoms with Crippen molar-refractivity contribution in [1.82, 2.24) is 5.32 Å². The molecule has 0 amide bonds. The number of phenolic OH excluding ortho intramolecular Hbond substituents is 1. The van der Waals surface area contributed by atoms with Gasteiger partial charge < -0.3 is 19.9 Å². The number of aromatic hydroxyl groups is 1. The third-order valence-electron chi connectivity index (χ3n) is 2.74. The standard InChI is InChI=1S/C15H25NO3/c1-5-18-14-9-12(7-8-13(14)17)10-16-11-15(3,4)19-6-2/h7-9,16-17H,5-6,10-11H2,1-4H3. The van der Waals surface area contributed by atoms with Crippen LogP contribution in [0.15, 0.2) is 18.2 Å². The Bertz CT molecular complexity index is 391. The quantitative estimate of drug-likeness (QED) is 0.760. The molecule has 0 heterocycles. The van der Waals surface area contributed by atoms with E-state index >= 15 is 0 Å². The Morgan fingerprint density at radius 3 is 2.58 bits per heavy atom. The van der Waals surface area contributed by atoms with E-state index < -0.39 is 0 Å². The van der Waals surface area contributed by atoms with E-state index in [9.17, 15) is 5.11 Å². The predicted molar refractivity (Wildman–Crippen MR) is 76.7 cm³/mol. The van der Waals surface area contributed by atoms with Crippen molar-refractivity contribution in [2.24, 2.45) is 0 Å². The summed E-state index contributed by atoms with van der Waals surface area (Å²) >= 11 is 0. The number of ether oxygens (including phenoxy) is 2. The lowest BCUT2D eigenvalue weighted by Crippen LogP contribution is -2.37. The van der Waals surface area contributed by atoms with Crippen molar-refractivity contribution in [3.63, 3.8) is 0 Å². The third-order valence-corrected chi connectivity index (χ3v) is 2.74. The summed E-state index contributed by atoms with van der Waals surface area (Å²) < 4.78 is 11.0. The Hall–Kier alpha value is -1.26. The van der Waals surface area contributed by atoms with E-state index in [0.717, 1.165) is 18.7 Å². The van der Waals surface area contributed by atoms with E-state index in [4.69, 9.17) is 9.47 Å². The molecule has 0 spiro atoms. The Morgan fingerprint density at radius 2 is 1.95 bits per heavy atom. The van der Waals surface area contributed by atoms with Gasteiger partial charge in [-0.15, -0.1) is 0 Å². The number of phenols is 1. The van der Waals surface area contributed by atoms with Crippen LogP contribution in [0.25, 0.3) is 0 Å². The molecule has 0 aromatic heterocycles. The third kappa shape index (κ3) is 5.49. The van der Waals surface area contributed by atoms with Crippen LogP contribution in [-0.4, -0.2) is 30.5 Å². The lowest BCUT2D eigenvalue weighted by Gasteiger charge is -2.25. The maximum Gasteiger partial charge on any atom is 0.161 e. The zero-order chi connectivity index (χ0) is 14.3. The normalized spacial score (nSPS) is 11.6. The van der Waals surface area contributed by atoms with Crippen LogP contribution in [0, 0.1) is 0 Å². The van der Waals surface area contributed by atoms with Crippen LogP contribution in [0.5, 0.6) is 11.5 Å². The lowest BCUT2D eigenvalue weighted by molar-refractivity contribution is -0.00897. The van der Waals surface area contributed by atoms with Crippen molar-refractivity contribution in [3.8, 4) is 11.5 Å². The summed E-state index contributed by atoms with van der Waals surface area (Å²) in [4.78, 5) is 0. The van der Waals surface area contributed by atoms with Gasteiger partial charge in [-0.25, -0.2) is 0 Å². The van der Waals surface area contributed by atoms with Gasteiger partial charge in [-0.2, -0.15) is 0 Å². The summed E-state index contributed by atoms with van der Waals surface area (Å²) in [5.74, 6) is 0.714. The van der Waals surface area contributed by atoms with Crippen molar-refractivity contribution in [2.45, 2.75) is 39.8 Å². The van der Waals surface area contributed by atoms with Crippen LogP contribution in [0.4, 0.5) is 0 Å². The van der Waals surface area contributed by atoms with E-state index in [1.807, 2.05) is 26.0 Å². The van der Waals surface area contributed by atoms with Crippen LogP contribution in [0.3, 0.4) is 0 Å². The Morgan fingerprint density at radius 1 is 1.21 bits per heavy atom. The van der Waals surface area contributed by atoms with Gasteiger partial charge in [0.1, 0.15) is 0 Å². The first-order chi connectivity index (χ1) is 8.98. The molecule has 108 valence electrons. The fraction of sp³-hybridized carbons (Fsp3) is 0.600. The molecule has 0 bridgehead atoms. The van der Waals surface area contributed by atoms with Crippen molar-refractivity contribution < 1.29 is 14.6 Å². The van der Waals surface area contributed by atoms with Gasteiger partial charge >= 0.3 is 0 Å². The van der Waals surface area contributed by atoms with Gasteiger partial charge in [0.2, 0.25) is 0 Å². The Labute approximate surface area is 115 Å². The topological polar surface area (TPSA) is 50.7 Å². The van der Waals surface area contributed by atoms with E-state index in [1.54, 1.807) is 6.07 Å². The average molecular weight is 267 g/mol. The van der Waals surface area contributed by atoms with Gasteiger partial charge in [0, 0.05) is 19.7 Å². The maximum atomic E-state index is 9.63. The van der Waals surface area contributed by atoms with E-state index in [-0.39, 0.29) is 11.4 Å². The molecule has 0 saturated carbocycles. The molecule has 2 N–H and O–H groups in total. The number of hydrogen-bond acceptors (Lipinski definition) is 4. The van der Waals surface area contributed by atoms with Crippen LogP contribution >= 0.6 is 0 Å². The Balaban J connectivity index is 2.51. The first kappa shape index (κ1) is 15.8. The molecule has 0 aliphatic rings. The molecule has 1 aromatic carbocycles. The summed E-state index contributed by atoms with van der Waals surface area (Å²) in [5.41, 5.74) is 0.905. The molecule has 19 heavy (non-hydrogen) atoms. The summed E-state index contributed by atoms with van der Waals surface area (Å²) in [6, 6.07) is 5.41. The second kappa shape index (κ2) is 7.36. The van der Waals surface area contributed by atoms with Gasteiger partial charge in [-0.3, -0.25) is 0 Å². The first-order valence-electron chi connectivity index (χ1n) is 6.78. The highest BCUT2D eigenvalue weighted by Gasteiger charge is 2.16. The van der Waals surface area contributed by atoms with Crippen molar-refractivity contribution in [2.75, 3.05) is 19.8 Å². The van der Waals surface area contributed by atoms with Crippen LogP contribution in [0.2, 0.25) is 0 Å². The van der Waals surface area contributed by atoms with E-state index in [1.165, 1.54) is 0 Å². The zero-order valence-corrected chi connectivity index (χ0v) is 12.3. The lowest BCUT2D eigenvalue weighted by atomic mass is 10.1. The minimum absolute atomic E-state index is 0.172. The second-order valence-electron chi connectivity index (χ2n) is 5.03. The van der Waals surface area contributed by atoms with Gasteiger partial charge in [0.15, 0.2) is 11.5 Å². The molecule has 0 atom stereocenters. The van der Waals surface area contributed by atoms with Crippen LogP contribution < -0.4 is 10.1 Å². The number of hydrogen-bond donors (Lipinski definition) is 2. The van der Waals surface area contributed by atoms with Crippen molar-refractivity contribution >= 4 is 0 Å². The predicted octanol–water partition coefficient (Wildman–Crippen LogP) is 2.70. The molecule has 4 heteroatoms. The van der Waals surface area contributed by atoms with E-state index in [0.29, 0.717) is 19.0 Å². The average Bonchev–Trinajstić information content (AvgIpc) is 2.33. The molecule has 0 radical (unpaired) electrons. The molecular formula is C15H25NO3. The fourth-order valence-corrected chi connectivity index (χ4v) is 1.89. The molecule has 4 nitrogen and oxygen atoms in total.